The number of benzene rings is 2. The van der Waals surface area contributed by atoms with E-state index in [1.807, 2.05) is 19.9 Å². The van der Waals surface area contributed by atoms with Crippen LogP contribution in [-0.2, 0) is 4.79 Å². The van der Waals surface area contributed by atoms with Gasteiger partial charge in [0, 0.05) is 0 Å². The van der Waals surface area contributed by atoms with Crippen LogP contribution in [-0.4, -0.2) is 32.7 Å². The average molecular weight is 359 g/mol. The van der Waals surface area contributed by atoms with E-state index in [9.17, 15) is 9.59 Å². The molecule has 2 aromatic rings. The van der Waals surface area contributed by atoms with Gasteiger partial charge in [-0.15, -0.1) is 0 Å². The smallest absolute Gasteiger partial charge is 0.343 e. The molecule has 0 heterocycles. The Balaban J connectivity index is 2.31. The van der Waals surface area contributed by atoms with Gasteiger partial charge in [0.05, 0.1) is 19.8 Å². The number of primary amides is 1. The summed E-state index contributed by atoms with van der Waals surface area (Å²) in [6, 6.07) is 8.27. The van der Waals surface area contributed by atoms with Crippen molar-refractivity contribution in [2.24, 2.45) is 5.73 Å². The van der Waals surface area contributed by atoms with E-state index in [4.69, 9.17) is 24.7 Å². The third kappa shape index (κ3) is 4.44. The first kappa shape index (κ1) is 19.1. The molecule has 0 fully saturated rings. The molecule has 0 aromatic heterocycles. The van der Waals surface area contributed by atoms with Crippen LogP contribution in [0.3, 0.4) is 0 Å². The molecule has 0 aliphatic carbocycles. The zero-order chi connectivity index (χ0) is 19.3. The molecule has 0 bridgehead atoms. The van der Waals surface area contributed by atoms with Crippen LogP contribution >= 0.6 is 0 Å². The van der Waals surface area contributed by atoms with Gasteiger partial charge in [-0.1, -0.05) is 6.07 Å². The van der Waals surface area contributed by atoms with Gasteiger partial charge in [0.25, 0.3) is 5.91 Å². The highest BCUT2D eigenvalue weighted by atomic mass is 16.5. The first-order valence-electron chi connectivity index (χ1n) is 7.82. The van der Waals surface area contributed by atoms with E-state index in [0.29, 0.717) is 5.75 Å². The molecule has 138 valence electrons. The minimum Gasteiger partial charge on any atom is -0.493 e. The number of hydrogen-bond donors (Lipinski definition) is 1. The number of methoxy groups -OCH3 is 2. The second kappa shape index (κ2) is 8.24. The minimum absolute atomic E-state index is 0.177. The van der Waals surface area contributed by atoms with Crippen molar-refractivity contribution in [2.75, 3.05) is 20.8 Å². The zero-order valence-corrected chi connectivity index (χ0v) is 15.1. The molecule has 0 aliphatic rings. The lowest BCUT2D eigenvalue weighted by molar-refractivity contribution is -0.120. The predicted octanol–water partition coefficient (Wildman–Crippen LogP) is 2.40. The summed E-state index contributed by atoms with van der Waals surface area (Å²) >= 11 is 0. The number of esters is 1. The van der Waals surface area contributed by atoms with Gasteiger partial charge >= 0.3 is 5.97 Å². The normalized spacial score (nSPS) is 10.2. The highest BCUT2D eigenvalue weighted by molar-refractivity contribution is 5.92. The van der Waals surface area contributed by atoms with Crippen LogP contribution in [0.1, 0.15) is 21.5 Å². The fourth-order valence-corrected chi connectivity index (χ4v) is 2.23. The van der Waals surface area contributed by atoms with Crippen molar-refractivity contribution in [3.8, 4) is 23.0 Å². The van der Waals surface area contributed by atoms with Crippen molar-refractivity contribution in [3.05, 3.63) is 47.0 Å². The van der Waals surface area contributed by atoms with E-state index in [0.717, 1.165) is 11.1 Å². The Morgan fingerprint density at radius 1 is 0.962 bits per heavy atom. The maximum atomic E-state index is 12.5. The molecule has 7 heteroatoms. The van der Waals surface area contributed by atoms with Crippen LogP contribution < -0.4 is 24.7 Å². The Morgan fingerprint density at radius 3 is 2.08 bits per heavy atom. The Morgan fingerprint density at radius 2 is 1.58 bits per heavy atom. The molecule has 0 unspecified atom stereocenters. The summed E-state index contributed by atoms with van der Waals surface area (Å²) in [4.78, 5) is 23.4. The van der Waals surface area contributed by atoms with Gasteiger partial charge < -0.3 is 24.7 Å². The Bertz CT molecular complexity index is 806. The van der Waals surface area contributed by atoms with E-state index < -0.39 is 11.9 Å². The lowest BCUT2D eigenvalue weighted by Crippen LogP contribution is -2.20. The first-order valence-corrected chi connectivity index (χ1v) is 7.82. The van der Waals surface area contributed by atoms with E-state index in [-0.39, 0.29) is 29.4 Å². The van der Waals surface area contributed by atoms with Crippen LogP contribution in [0.25, 0.3) is 0 Å². The summed E-state index contributed by atoms with van der Waals surface area (Å²) in [5.74, 6) is -0.171. The monoisotopic (exact) mass is 359 g/mol. The highest BCUT2D eigenvalue weighted by Gasteiger charge is 2.19. The average Bonchev–Trinajstić information content (AvgIpc) is 2.62. The molecule has 0 spiro atoms. The van der Waals surface area contributed by atoms with Crippen molar-refractivity contribution in [1.82, 2.24) is 0 Å². The molecular formula is C19H21NO6. The quantitative estimate of drug-likeness (QED) is 0.602. The standard InChI is InChI=1S/C19H21NO6/c1-11-5-6-14(7-12(11)2)26-19(22)13-8-15(23-3)18(16(9-13)24-4)25-10-17(20)21/h5-9H,10H2,1-4H3,(H2,20,21). The molecule has 2 aromatic carbocycles. The number of ether oxygens (including phenoxy) is 4. The Kier molecular flexibility index (Phi) is 6.06. The Labute approximate surface area is 151 Å². The van der Waals surface area contributed by atoms with Crippen molar-refractivity contribution in [2.45, 2.75) is 13.8 Å². The molecule has 0 saturated heterocycles. The molecule has 2 rings (SSSR count). The van der Waals surface area contributed by atoms with Crippen molar-refractivity contribution < 1.29 is 28.5 Å². The molecule has 0 aliphatic heterocycles. The summed E-state index contributed by atoms with van der Waals surface area (Å²) in [7, 11) is 2.81. The van der Waals surface area contributed by atoms with Gasteiger partial charge in [-0.05, 0) is 49.2 Å². The predicted molar refractivity (Wildman–Crippen MR) is 95.1 cm³/mol. The number of carbonyl (C=O) groups excluding carboxylic acids is 2. The van der Waals surface area contributed by atoms with Crippen molar-refractivity contribution in [1.29, 1.82) is 0 Å². The number of amides is 1. The summed E-state index contributed by atoms with van der Waals surface area (Å²) in [5, 5.41) is 0. The largest absolute Gasteiger partial charge is 0.493 e. The molecule has 26 heavy (non-hydrogen) atoms. The fraction of sp³-hybridized carbons (Fsp3) is 0.263. The van der Waals surface area contributed by atoms with E-state index in [2.05, 4.69) is 0 Å². The lowest BCUT2D eigenvalue weighted by atomic mass is 10.1. The molecule has 1 amide bonds. The molecule has 0 saturated carbocycles. The third-order valence-corrected chi connectivity index (χ3v) is 3.74. The van der Waals surface area contributed by atoms with Crippen molar-refractivity contribution >= 4 is 11.9 Å². The van der Waals surface area contributed by atoms with Crippen LogP contribution in [0.4, 0.5) is 0 Å². The van der Waals surface area contributed by atoms with Gasteiger partial charge in [-0.25, -0.2) is 4.79 Å². The molecular weight excluding hydrogens is 338 g/mol. The summed E-state index contributed by atoms with van der Waals surface area (Å²) in [6.45, 7) is 3.56. The maximum Gasteiger partial charge on any atom is 0.343 e. The first-order chi connectivity index (χ1) is 12.3. The third-order valence-electron chi connectivity index (χ3n) is 3.74. The second-order valence-electron chi connectivity index (χ2n) is 5.60. The van der Waals surface area contributed by atoms with E-state index >= 15 is 0 Å². The number of carbonyl (C=O) groups is 2. The number of nitrogens with two attached hydrogens (primary N) is 1. The number of hydrogen-bond acceptors (Lipinski definition) is 6. The van der Waals surface area contributed by atoms with Crippen LogP contribution in [0.5, 0.6) is 23.0 Å². The van der Waals surface area contributed by atoms with Gasteiger partial charge in [-0.3, -0.25) is 4.79 Å². The number of rotatable bonds is 7. The topological polar surface area (TPSA) is 97.1 Å². The SMILES string of the molecule is COc1cc(C(=O)Oc2ccc(C)c(C)c2)cc(OC)c1OCC(N)=O. The number of aryl methyl sites for hydroxylation is 2. The van der Waals surface area contributed by atoms with Gasteiger partial charge in [0.1, 0.15) is 5.75 Å². The van der Waals surface area contributed by atoms with Crippen LogP contribution in [0.15, 0.2) is 30.3 Å². The van der Waals surface area contributed by atoms with Gasteiger partial charge in [-0.2, -0.15) is 0 Å². The highest BCUT2D eigenvalue weighted by Crippen LogP contribution is 2.38. The summed E-state index contributed by atoms with van der Waals surface area (Å²) < 4.78 is 21.2. The summed E-state index contributed by atoms with van der Waals surface area (Å²) in [6.07, 6.45) is 0. The maximum absolute atomic E-state index is 12.5. The lowest BCUT2D eigenvalue weighted by Gasteiger charge is -2.15. The fourth-order valence-electron chi connectivity index (χ4n) is 2.23. The molecule has 7 nitrogen and oxygen atoms in total. The molecule has 0 atom stereocenters. The summed E-state index contributed by atoms with van der Waals surface area (Å²) in [5.41, 5.74) is 7.42. The Hall–Kier alpha value is -3.22. The van der Waals surface area contributed by atoms with Crippen molar-refractivity contribution in [3.63, 3.8) is 0 Å². The van der Waals surface area contributed by atoms with E-state index in [1.165, 1.54) is 26.4 Å². The van der Waals surface area contributed by atoms with Crippen LogP contribution in [0.2, 0.25) is 0 Å². The molecule has 0 radical (unpaired) electrons. The zero-order valence-electron chi connectivity index (χ0n) is 15.1. The second-order valence-corrected chi connectivity index (χ2v) is 5.60. The van der Waals surface area contributed by atoms with Gasteiger partial charge in [0.2, 0.25) is 5.75 Å². The van der Waals surface area contributed by atoms with E-state index in [1.54, 1.807) is 12.1 Å². The molecule has 2 N–H and O–H groups in total. The van der Waals surface area contributed by atoms with Gasteiger partial charge in [0.15, 0.2) is 18.1 Å². The minimum atomic E-state index is -0.646. The van der Waals surface area contributed by atoms with Crippen LogP contribution in [0, 0.1) is 13.8 Å².